The first-order valence-electron chi connectivity index (χ1n) is 29.5. The third-order valence-corrected chi connectivity index (χ3v) is 13.1. The summed E-state index contributed by atoms with van der Waals surface area (Å²) in [6.07, 6.45) is 67.1. The maximum atomic E-state index is 12.8. The van der Waals surface area contributed by atoms with E-state index in [-0.39, 0.29) is 31.1 Å². The fourth-order valence-electron chi connectivity index (χ4n) is 8.67. The maximum absolute atomic E-state index is 12.8. The number of rotatable bonds is 54. The minimum atomic E-state index is -0.786. The van der Waals surface area contributed by atoms with Gasteiger partial charge in [0.15, 0.2) is 6.10 Å². The van der Waals surface area contributed by atoms with Gasteiger partial charge in [-0.25, -0.2) is 0 Å². The van der Waals surface area contributed by atoms with Gasteiger partial charge in [-0.1, -0.05) is 263 Å². The van der Waals surface area contributed by atoms with E-state index in [2.05, 4.69) is 57.2 Å². The Morgan fingerprint density at radius 1 is 0.299 bits per heavy atom. The largest absolute Gasteiger partial charge is 0.462 e. The lowest BCUT2D eigenvalue weighted by molar-refractivity contribution is -0.167. The summed E-state index contributed by atoms with van der Waals surface area (Å²) in [7, 11) is 0. The third-order valence-electron chi connectivity index (χ3n) is 13.1. The van der Waals surface area contributed by atoms with Gasteiger partial charge in [-0.3, -0.25) is 14.4 Å². The second kappa shape index (κ2) is 56.2. The van der Waals surface area contributed by atoms with Crippen LogP contribution in [-0.2, 0) is 28.6 Å². The average molecular weight is 942 g/mol. The molecule has 0 aliphatic carbocycles. The van der Waals surface area contributed by atoms with Crippen LogP contribution in [0.5, 0.6) is 0 Å². The first kappa shape index (κ1) is 64.6. The van der Waals surface area contributed by atoms with E-state index >= 15 is 0 Å². The van der Waals surface area contributed by atoms with Gasteiger partial charge < -0.3 is 14.2 Å². The molecule has 1 unspecified atom stereocenters. The van der Waals surface area contributed by atoms with Crippen molar-refractivity contribution in [3.8, 4) is 0 Å². The first-order chi connectivity index (χ1) is 33.0. The van der Waals surface area contributed by atoms with Crippen molar-refractivity contribution in [1.82, 2.24) is 0 Å². The van der Waals surface area contributed by atoms with Crippen LogP contribution in [0.4, 0.5) is 0 Å². The SMILES string of the molecule is CCCCCCCCC/C=C\C=C/CCCCCC(=O)OC(COC(=O)CCCCCCC/C=C\CCCCCCCCCCC)COC(=O)CCCCCCCCCCCCCCCCC. The Morgan fingerprint density at radius 3 is 0.851 bits per heavy atom. The zero-order valence-electron chi connectivity index (χ0n) is 44.9. The van der Waals surface area contributed by atoms with Crippen LogP contribution in [0, 0.1) is 0 Å². The number of allylic oxidation sites excluding steroid dienone is 6. The molecule has 392 valence electrons. The summed E-state index contributed by atoms with van der Waals surface area (Å²) in [6, 6.07) is 0. The van der Waals surface area contributed by atoms with Crippen LogP contribution in [-0.4, -0.2) is 37.2 Å². The highest BCUT2D eigenvalue weighted by atomic mass is 16.6. The molecule has 6 heteroatoms. The van der Waals surface area contributed by atoms with Crippen molar-refractivity contribution < 1.29 is 28.6 Å². The molecule has 0 N–H and O–H groups in total. The highest BCUT2D eigenvalue weighted by Crippen LogP contribution is 2.16. The standard InChI is InChI=1S/C61H112O6/c1-4-7-10-13-16-19-22-25-28-30-31-34-36-39-42-45-48-51-54-60(63)66-57-58(56-65-59(62)53-50-47-44-41-38-35-32-27-24-21-18-15-12-9-6-3)67-61(64)55-52-49-46-43-40-37-33-29-26-23-20-17-14-11-8-5-2/h29,31,33-34,37,40,58H,4-28,30,32,35-36,38-39,41-57H2,1-3H3/b33-29-,34-31-,40-37-. The van der Waals surface area contributed by atoms with E-state index in [1.165, 1.54) is 199 Å². The molecule has 0 bridgehead atoms. The van der Waals surface area contributed by atoms with Gasteiger partial charge in [0, 0.05) is 19.3 Å². The Hall–Kier alpha value is -2.37. The molecule has 0 aromatic heterocycles. The molecule has 0 amide bonds. The van der Waals surface area contributed by atoms with E-state index in [0.717, 1.165) is 77.0 Å². The van der Waals surface area contributed by atoms with Gasteiger partial charge in [0.05, 0.1) is 0 Å². The predicted molar refractivity (Wildman–Crippen MR) is 289 cm³/mol. The van der Waals surface area contributed by atoms with E-state index in [1.807, 2.05) is 0 Å². The highest BCUT2D eigenvalue weighted by Gasteiger charge is 2.19. The average Bonchev–Trinajstić information content (AvgIpc) is 3.33. The summed E-state index contributed by atoms with van der Waals surface area (Å²) in [5.74, 6) is -0.899. The van der Waals surface area contributed by atoms with E-state index in [4.69, 9.17) is 14.2 Å². The molecule has 0 radical (unpaired) electrons. The Kier molecular flexibility index (Phi) is 54.2. The number of hydrogen-bond donors (Lipinski definition) is 0. The number of carbonyl (C=O) groups is 3. The zero-order chi connectivity index (χ0) is 48.6. The van der Waals surface area contributed by atoms with Gasteiger partial charge in [0.1, 0.15) is 13.2 Å². The van der Waals surface area contributed by atoms with Crippen molar-refractivity contribution in [2.75, 3.05) is 13.2 Å². The van der Waals surface area contributed by atoms with E-state index in [0.29, 0.717) is 19.3 Å². The molecule has 67 heavy (non-hydrogen) atoms. The molecule has 0 aliphatic heterocycles. The molecule has 0 saturated carbocycles. The van der Waals surface area contributed by atoms with Crippen LogP contribution < -0.4 is 0 Å². The fraction of sp³-hybridized carbons (Fsp3) is 0.852. The van der Waals surface area contributed by atoms with Crippen LogP contribution >= 0.6 is 0 Å². The van der Waals surface area contributed by atoms with E-state index in [9.17, 15) is 14.4 Å². The van der Waals surface area contributed by atoms with Gasteiger partial charge >= 0.3 is 17.9 Å². The molecule has 0 aromatic rings. The van der Waals surface area contributed by atoms with Crippen LogP contribution in [0.15, 0.2) is 36.5 Å². The molecular weight excluding hydrogens is 829 g/mol. The second-order valence-electron chi connectivity index (χ2n) is 19.9. The van der Waals surface area contributed by atoms with Crippen LogP contribution in [0.25, 0.3) is 0 Å². The minimum absolute atomic E-state index is 0.0818. The molecule has 0 aliphatic rings. The van der Waals surface area contributed by atoms with E-state index < -0.39 is 6.10 Å². The van der Waals surface area contributed by atoms with Crippen molar-refractivity contribution in [2.24, 2.45) is 0 Å². The summed E-state index contributed by atoms with van der Waals surface area (Å²) in [4.78, 5) is 38.2. The lowest BCUT2D eigenvalue weighted by Crippen LogP contribution is -2.30. The summed E-state index contributed by atoms with van der Waals surface area (Å²) < 4.78 is 16.9. The molecule has 1 atom stereocenters. The van der Waals surface area contributed by atoms with Gasteiger partial charge in [0.2, 0.25) is 0 Å². The zero-order valence-corrected chi connectivity index (χ0v) is 44.9. The van der Waals surface area contributed by atoms with Crippen molar-refractivity contribution in [2.45, 2.75) is 322 Å². The van der Waals surface area contributed by atoms with Gasteiger partial charge in [-0.15, -0.1) is 0 Å². The minimum Gasteiger partial charge on any atom is -0.462 e. The number of hydrogen-bond acceptors (Lipinski definition) is 6. The first-order valence-corrected chi connectivity index (χ1v) is 29.5. The second-order valence-corrected chi connectivity index (χ2v) is 19.9. The van der Waals surface area contributed by atoms with Crippen LogP contribution in [0.2, 0.25) is 0 Å². The summed E-state index contributed by atoms with van der Waals surface area (Å²) in [5, 5.41) is 0. The number of ether oxygens (including phenoxy) is 3. The molecule has 0 saturated heterocycles. The Balaban J connectivity index is 4.39. The number of unbranched alkanes of at least 4 members (excludes halogenated alkanes) is 38. The Bertz CT molecular complexity index is 1130. The molecule has 0 heterocycles. The molecule has 6 nitrogen and oxygen atoms in total. The molecular formula is C61H112O6. The summed E-state index contributed by atoms with van der Waals surface area (Å²) >= 11 is 0. The predicted octanol–water partition coefficient (Wildman–Crippen LogP) is 19.7. The van der Waals surface area contributed by atoms with Crippen LogP contribution in [0.1, 0.15) is 316 Å². The number of esters is 3. The molecule has 0 fully saturated rings. The van der Waals surface area contributed by atoms with Crippen LogP contribution in [0.3, 0.4) is 0 Å². The normalized spacial score (nSPS) is 12.2. The van der Waals surface area contributed by atoms with Crippen molar-refractivity contribution >= 4 is 17.9 Å². The molecule has 0 rings (SSSR count). The topological polar surface area (TPSA) is 78.9 Å². The lowest BCUT2D eigenvalue weighted by atomic mass is 10.0. The smallest absolute Gasteiger partial charge is 0.306 e. The number of carbonyl (C=O) groups excluding carboxylic acids is 3. The quantitative estimate of drug-likeness (QED) is 0.0199. The Labute approximate surface area is 416 Å². The van der Waals surface area contributed by atoms with Gasteiger partial charge in [0.25, 0.3) is 0 Å². The molecule has 0 spiro atoms. The summed E-state index contributed by atoms with van der Waals surface area (Å²) in [5.41, 5.74) is 0. The summed E-state index contributed by atoms with van der Waals surface area (Å²) in [6.45, 7) is 6.65. The Morgan fingerprint density at radius 2 is 0.537 bits per heavy atom. The van der Waals surface area contributed by atoms with Crippen molar-refractivity contribution in [3.05, 3.63) is 36.5 Å². The molecule has 0 aromatic carbocycles. The van der Waals surface area contributed by atoms with Gasteiger partial charge in [-0.2, -0.15) is 0 Å². The fourth-order valence-corrected chi connectivity index (χ4v) is 8.67. The van der Waals surface area contributed by atoms with E-state index in [1.54, 1.807) is 0 Å². The van der Waals surface area contributed by atoms with Gasteiger partial charge in [-0.05, 0) is 70.6 Å². The lowest BCUT2D eigenvalue weighted by Gasteiger charge is -2.18. The van der Waals surface area contributed by atoms with Crippen molar-refractivity contribution in [3.63, 3.8) is 0 Å². The van der Waals surface area contributed by atoms with Crippen molar-refractivity contribution in [1.29, 1.82) is 0 Å². The highest BCUT2D eigenvalue weighted by molar-refractivity contribution is 5.71. The maximum Gasteiger partial charge on any atom is 0.306 e. The monoisotopic (exact) mass is 941 g/mol. The third kappa shape index (κ3) is 54.4.